The normalized spacial score (nSPS) is 48.1. The van der Waals surface area contributed by atoms with Crippen molar-refractivity contribution in [3.8, 4) is 0 Å². The summed E-state index contributed by atoms with van der Waals surface area (Å²) < 4.78 is 4.89. The van der Waals surface area contributed by atoms with Crippen LogP contribution < -0.4 is 0 Å². The van der Waals surface area contributed by atoms with Gasteiger partial charge >= 0.3 is 5.97 Å². The molecule has 1 heterocycles. The molecular weight excluding hydrogens is 244 g/mol. The van der Waals surface area contributed by atoms with E-state index in [9.17, 15) is 15.0 Å². The van der Waals surface area contributed by atoms with Gasteiger partial charge in [0.15, 0.2) is 5.60 Å². The first-order chi connectivity index (χ1) is 8.73. The Hall–Kier alpha value is -0.870. The molecule has 0 radical (unpaired) electrons. The smallest absolute Gasteiger partial charge is 0.339 e. The summed E-state index contributed by atoms with van der Waals surface area (Å²) in [4.78, 5) is 11.8. The number of cyclic esters (lactones) is 1. The largest absolute Gasteiger partial charge is 0.429 e. The summed E-state index contributed by atoms with van der Waals surface area (Å²) in [6.45, 7) is 6.42. The SMILES string of the molecule is CC1(C)CCC[C@@]2(C)[C@H]1CC=C1C(=O)O[C@@H](O)[C@@]12O. The maximum absolute atomic E-state index is 11.8. The summed E-state index contributed by atoms with van der Waals surface area (Å²) >= 11 is 0. The van der Waals surface area contributed by atoms with Crippen LogP contribution in [-0.4, -0.2) is 28.1 Å². The first-order valence-electron chi connectivity index (χ1n) is 7.05. The van der Waals surface area contributed by atoms with Gasteiger partial charge in [0.1, 0.15) is 0 Å². The average molecular weight is 266 g/mol. The number of carbonyl (C=O) groups excluding carboxylic acids is 1. The average Bonchev–Trinajstić information content (AvgIpc) is 2.52. The topological polar surface area (TPSA) is 66.8 Å². The van der Waals surface area contributed by atoms with Crippen molar-refractivity contribution in [3.05, 3.63) is 11.6 Å². The van der Waals surface area contributed by atoms with Gasteiger partial charge in [0.05, 0.1) is 5.57 Å². The minimum Gasteiger partial charge on any atom is -0.429 e. The van der Waals surface area contributed by atoms with Crippen LogP contribution >= 0.6 is 0 Å². The number of carbonyl (C=O) groups is 1. The molecule has 3 aliphatic rings. The molecule has 0 bridgehead atoms. The Morgan fingerprint density at radius 3 is 2.68 bits per heavy atom. The van der Waals surface area contributed by atoms with Crippen LogP contribution in [0.4, 0.5) is 0 Å². The summed E-state index contributed by atoms with van der Waals surface area (Å²) in [5.74, 6) is -0.329. The maximum Gasteiger partial charge on any atom is 0.339 e. The molecule has 1 saturated heterocycles. The number of ether oxygens (including phenoxy) is 1. The monoisotopic (exact) mass is 266 g/mol. The summed E-state index contributed by atoms with van der Waals surface area (Å²) in [5, 5.41) is 21.2. The summed E-state index contributed by atoms with van der Waals surface area (Å²) in [7, 11) is 0. The third-order valence-electron chi connectivity index (χ3n) is 5.86. The van der Waals surface area contributed by atoms with E-state index in [0.29, 0.717) is 0 Å². The molecule has 1 saturated carbocycles. The lowest BCUT2D eigenvalue weighted by Crippen LogP contribution is -2.62. The Bertz CT molecular complexity index is 467. The molecular formula is C15H22O4. The van der Waals surface area contributed by atoms with E-state index in [1.165, 1.54) is 0 Å². The molecule has 1 aliphatic heterocycles. The number of aliphatic hydroxyl groups excluding tert-OH is 1. The number of hydrogen-bond donors (Lipinski definition) is 2. The standard InChI is InChI=1S/C15H22O4/c1-13(2)7-4-8-14(3)10(13)6-5-9-11(16)19-12(17)15(9,14)18/h5,10,12,17-18H,4,6-8H2,1-3H3/t10-,12+,14-,15-/m0/s1. The van der Waals surface area contributed by atoms with Gasteiger partial charge in [0, 0.05) is 5.41 Å². The predicted molar refractivity (Wildman–Crippen MR) is 69.0 cm³/mol. The van der Waals surface area contributed by atoms with Crippen molar-refractivity contribution in [2.24, 2.45) is 16.7 Å². The molecule has 0 unspecified atom stereocenters. The zero-order valence-corrected chi connectivity index (χ0v) is 11.8. The van der Waals surface area contributed by atoms with E-state index < -0.39 is 23.3 Å². The first-order valence-corrected chi connectivity index (χ1v) is 7.05. The molecule has 0 aromatic carbocycles. The summed E-state index contributed by atoms with van der Waals surface area (Å²) in [6, 6.07) is 0. The predicted octanol–water partition coefficient (Wildman–Crippen LogP) is 1.76. The van der Waals surface area contributed by atoms with Crippen molar-refractivity contribution in [1.29, 1.82) is 0 Å². The van der Waals surface area contributed by atoms with Gasteiger partial charge in [0.2, 0.25) is 6.29 Å². The van der Waals surface area contributed by atoms with Crippen LogP contribution in [0.3, 0.4) is 0 Å². The van der Waals surface area contributed by atoms with E-state index in [1.807, 2.05) is 6.92 Å². The summed E-state index contributed by atoms with van der Waals surface area (Å²) in [6.07, 6.45) is 4.02. The Morgan fingerprint density at radius 2 is 2.00 bits per heavy atom. The second-order valence-electron chi connectivity index (χ2n) is 7.19. The zero-order valence-electron chi connectivity index (χ0n) is 11.8. The second-order valence-corrected chi connectivity index (χ2v) is 7.19. The molecule has 0 spiro atoms. The maximum atomic E-state index is 11.8. The molecule has 0 aromatic heterocycles. The molecule has 2 N–H and O–H groups in total. The van der Waals surface area contributed by atoms with Crippen LogP contribution in [-0.2, 0) is 9.53 Å². The fraction of sp³-hybridized carbons (Fsp3) is 0.800. The number of fused-ring (bicyclic) bond motifs is 3. The van der Waals surface area contributed by atoms with E-state index in [4.69, 9.17) is 4.74 Å². The van der Waals surface area contributed by atoms with Crippen LogP contribution in [0.25, 0.3) is 0 Å². The highest BCUT2D eigenvalue weighted by Gasteiger charge is 2.68. The van der Waals surface area contributed by atoms with Crippen LogP contribution in [0, 0.1) is 16.7 Å². The number of hydrogen-bond acceptors (Lipinski definition) is 4. The van der Waals surface area contributed by atoms with E-state index in [-0.39, 0.29) is 16.9 Å². The summed E-state index contributed by atoms with van der Waals surface area (Å²) in [5.41, 5.74) is -1.71. The van der Waals surface area contributed by atoms with Crippen molar-refractivity contribution in [2.75, 3.05) is 0 Å². The van der Waals surface area contributed by atoms with E-state index in [1.54, 1.807) is 6.08 Å². The van der Waals surface area contributed by atoms with Gasteiger partial charge in [-0.15, -0.1) is 0 Å². The van der Waals surface area contributed by atoms with Crippen molar-refractivity contribution in [2.45, 2.75) is 58.3 Å². The number of rotatable bonds is 0. The van der Waals surface area contributed by atoms with E-state index >= 15 is 0 Å². The van der Waals surface area contributed by atoms with Gasteiger partial charge in [-0.2, -0.15) is 0 Å². The van der Waals surface area contributed by atoms with Crippen LogP contribution in [0.15, 0.2) is 11.6 Å². The Balaban J connectivity index is 2.16. The number of aliphatic hydroxyl groups is 2. The molecule has 4 atom stereocenters. The van der Waals surface area contributed by atoms with Crippen LogP contribution in [0.2, 0.25) is 0 Å². The van der Waals surface area contributed by atoms with E-state index in [2.05, 4.69) is 13.8 Å². The molecule has 0 aromatic rings. The Labute approximate surface area is 113 Å². The lowest BCUT2D eigenvalue weighted by Gasteiger charge is -2.58. The molecule has 0 amide bonds. The molecule has 4 heteroatoms. The fourth-order valence-corrected chi connectivity index (χ4v) is 4.76. The highest BCUT2D eigenvalue weighted by molar-refractivity contribution is 5.94. The lowest BCUT2D eigenvalue weighted by molar-refractivity contribution is -0.230. The van der Waals surface area contributed by atoms with Gasteiger partial charge in [-0.25, -0.2) is 4.79 Å². The zero-order chi connectivity index (χ0) is 14.1. The van der Waals surface area contributed by atoms with Crippen molar-refractivity contribution >= 4 is 5.97 Å². The quantitative estimate of drug-likeness (QED) is 0.656. The highest BCUT2D eigenvalue weighted by Crippen LogP contribution is 2.63. The van der Waals surface area contributed by atoms with Crippen LogP contribution in [0.5, 0.6) is 0 Å². The van der Waals surface area contributed by atoms with Gasteiger partial charge in [0.25, 0.3) is 0 Å². The second kappa shape index (κ2) is 3.61. The Kier molecular flexibility index (Phi) is 2.50. The van der Waals surface area contributed by atoms with Gasteiger partial charge < -0.3 is 14.9 Å². The minimum atomic E-state index is -1.55. The third-order valence-corrected chi connectivity index (χ3v) is 5.86. The van der Waals surface area contributed by atoms with Crippen LogP contribution in [0.1, 0.15) is 46.5 Å². The molecule has 19 heavy (non-hydrogen) atoms. The number of allylic oxidation sites excluding steroid dienone is 1. The fourth-order valence-electron chi connectivity index (χ4n) is 4.76. The van der Waals surface area contributed by atoms with Gasteiger partial charge in [-0.3, -0.25) is 0 Å². The Morgan fingerprint density at radius 1 is 1.32 bits per heavy atom. The third kappa shape index (κ3) is 1.39. The van der Waals surface area contributed by atoms with Crippen molar-refractivity contribution in [3.63, 3.8) is 0 Å². The lowest BCUT2D eigenvalue weighted by atomic mass is 9.47. The van der Waals surface area contributed by atoms with E-state index in [0.717, 1.165) is 25.7 Å². The van der Waals surface area contributed by atoms with Gasteiger partial charge in [-0.1, -0.05) is 33.3 Å². The molecule has 2 aliphatic carbocycles. The molecule has 2 fully saturated rings. The number of esters is 1. The van der Waals surface area contributed by atoms with Crippen molar-refractivity contribution < 1.29 is 19.7 Å². The molecule has 3 rings (SSSR count). The molecule has 106 valence electrons. The molecule has 4 nitrogen and oxygen atoms in total. The minimum absolute atomic E-state index is 0.0934. The van der Waals surface area contributed by atoms with Gasteiger partial charge in [-0.05, 0) is 30.6 Å². The highest BCUT2D eigenvalue weighted by atomic mass is 16.7. The first kappa shape index (κ1) is 13.1. The van der Waals surface area contributed by atoms with Crippen molar-refractivity contribution in [1.82, 2.24) is 0 Å².